The van der Waals surface area contributed by atoms with Crippen molar-refractivity contribution < 1.29 is 9.50 Å². The number of aromatic nitrogens is 1. The number of nitrogens with one attached hydrogen (secondary N) is 1. The van der Waals surface area contributed by atoms with Crippen molar-refractivity contribution in [2.75, 3.05) is 13.1 Å². The normalized spacial score (nSPS) is 20.2. The predicted molar refractivity (Wildman–Crippen MR) is 41.0 cm³/mol. The lowest BCUT2D eigenvalue weighted by Crippen LogP contribution is -2.57. The molecular formula is C8H9FN2O. The van der Waals surface area contributed by atoms with Gasteiger partial charge in [-0.05, 0) is 12.1 Å². The molecule has 1 fully saturated rings. The number of nitrogens with zero attached hydrogens (tertiary/aromatic N) is 1. The van der Waals surface area contributed by atoms with Gasteiger partial charge in [0.1, 0.15) is 11.4 Å². The van der Waals surface area contributed by atoms with E-state index in [1.807, 2.05) is 0 Å². The number of hydrogen-bond acceptors (Lipinski definition) is 3. The average Bonchev–Trinajstić information content (AvgIpc) is 2.02. The maximum atomic E-state index is 12.4. The second-order valence-corrected chi connectivity index (χ2v) is 3.00. The minimum Gasteiger partial charge on any atom is -0.381 e. The number of halogens is 1. The Morgan fingerprint density at radius 2 is 2.25 bits per heavy atom. The van der Waals surface area contributed by atoms with Crippen LogP contribution in [0.15, 0.2) is 18.3 Å². The fraction of sp³-hybridized carbons (Fsp3) is 0.375. The molecule has 1 aromatic heterocycles. The molecule has 2 N–H and O–H groups in total. The number of aliphatic hydroxyl groups is 1. The lowest BCUT2D eigenvalue weighted by atomic mass is 9.93. The average molecular weight is 168 g/mol. The second kappa shape index (κ2) is 2.50. The first-order valence-corrected chi connectivity index (χ1v) is 3.76. The third kappa shape index (κ3) is 1.09. The quantitative estimate of drug-likeness (QED) is 0.621. The van der Waals surface area contributed by atoms with Gasteiger partial charge in [-0.2, -0.15) is 0 Å². The van der Waals surface area contributed by atoms with Gasteiger partial charge in [-0.15, -0.1) is 0 Å². The molecule has 0 saturated carbocycles. The van der Waals surface area contributed by atoms with E-state index in [0.29, 0.717) is 18.8 Å². The highest BCUT2D eigenvalue weighted by Gasteiger charge is 2.37. The molecule has 1 aliphatic rings. The molecule has 0 atom stereocenters. The summed E-state index contributed by atoms with van der Waals surface area (Å²) in [6.07, 6.45) is 1.12. The monoisotopic (exact) mass is 168 g/mol. The van der Waals surface area contributed by atoms with Crippen molar-refractivity contribution in [1.82, 2.24) is 10.3 Å². The summed E-state index contributed by atoms with van der Waals surface area (Å²) >= 11 is 0. The predicted octanol–water partition coefficient (Wildman–Crippen LogP) is 0.0115. The lowest BCUT2D eigenvalue weighted by molar-refractivity contribution is -0.0186. The van der Waals surface area contributed by atoms with E-state index in [0.717, 1.165) is 6.20 Å². The zero-order valence-corrected chi connectivity index (χ0v) is 6.42. The first-order chi connectivity index (χ1) is 5.71. The summed E-state index contributed by atoms with van der Waals surface area (Å²) in [6, 6.07) is 2.81. The maximum Gasteiger partial charge on any atom is 0.141 e. The van der Waals surface area contributed by atoms with E-state index in [-0.39, 0.29) is 5.82 Å². The van der Waals surface area contributed by atoms with Gasteiger partial charge >= 0.3 is 0 Å². The van der Waals surface area contributed by atoms with E-state index in [1.54, 1.807) is 0 Å². The van der Waals surface area contributed by atoms with Gasteiger partial charge in [0.2, 0.25) is 0 Å². The van der Waals surface area contributed by atoms with Gasteiger partial charge in [0.15, 0.2) is 0 Å². The Kier molecular flexibility index (Phi) is 1.59. The molecule has 1 aliphatic heterocycles. The number of rotatable bonds is 1. The van der Waals surface area contributed by atoms with Crippen molar-refractivity contribution in [3.8, 4) is 0 Å². The molecule has 0 bridgehead atoms. The summed E-state index contributed by atoms with van der Waals surface area (Å²) in [5.41, 5.74) is -0.351. The smallest absolute Gasteiger partial charge is 0.141 e. The highest BCUT2D eigenvalue weighted by Crippen LogP contribution is 2.22. The van der Waals surface area contributed by atoms with Crippen LogP contribution >= 0.6 is 0 Å². The summed E-state index contributed by atoms with van der Waals surface area (Å²) in [5, 5.41) is 12.7. The molecule has 1 saturated heterocycles. The zero-order valence-electron chi connectivity index (χ0n) is 6.42. The minimum atomic E-state index is -0.881. The van der Waals surface area contributed by atoms with Crippen molar-refractivity contribution in [3.63, 3.8) is 0 Å². The van der Waals surface area contributed by atoms with Crippen LogP contribution in [0.1, 0.15) is 5.69 Å². The van der Waals surface area contributed by atoms with Crippen LogP contribution in [-0.4, -0.2) is 23.2 Å². The lowest BCUT2D eigenvalue weighted by Gasteiger charge is -2.36. The van der Waals surface area contributed by atoms with Crippen LogP contribution in [0.25, 0.3) is 0 Å². The maximum absolute atomic E-state index is 12.4. The van der Waals surface area contributed by atoms with E-state index < -0.39 is 5.60 Å². The molecule has 2 rings (SSSR count). The summed E-state index contributed by atoms with van der Waals surface area (Å²) in [5.74, 6) is -0.380. The van der Waals surface area contributed by atoms with E-state index in [4.69, 9.17) is 0 Å². The molecule has 0 amide bonds. The van der Waals surface area contributed by atoms with Gasteiger partial charge < -0.3 is 10.4 Å². The van der Waals surface area contributed by atoms with Crippen molar-refractivity contribution in [1.29, 1.82) is 0 Å². The third-order valence-electron chi connectivity index (χ3n) is 2.04. The molecule has 0 aliphatic carbocycles. The van der Waals surface area contributed by atoms with E-state index in [2.05, 4.69) is 10.3 Å². The molecular weight excluding hydrogens is 159 g/mol. The molecule has 0 spiro atoms. The number of hydrogen-bond donors (Lipinski definition) is 2. The standard InChI is InChI=1S/C8H9FN2O/c9-6-1-2-7(11-3-6)8(12)4-10-5-8/h1-3,10,12H,4-5H2. The van der Waals surface area contributed by atoms with Crippen LogP contribution in [-0.2, 0) is 5.60 Å². The van der Waals surface area contributed by atoms with Gasteiger partial charge in [0.05, 0.1) is 11.9 Å². The first kappa shape index (κ1) is 7.64. The SMILES string of the molecule is OC1(c2ccc(F)cn2)CNC1. The fourth-order valence-electron chi connectivity index (χ4n) is 1.19. The molecule has 2 heterocycles. The highest BCUT2D eigenvalue weighted by atomic mass is 19.1. The first-order valence-electron chi connectivity index (χ1n) is 3.76. The molecule has 12 heavy (non-hydrogen) atoms. The summed E-state index contributed by atoms with van der Waals surface area (Å²) < 4.78 is 12.4. The van der Waals surface area contributed by atoms with E-state index in [9.17, 15) is 9.50 Å². The Balaban J connectivity index is 2.28. The summed E-state index contributed by atoms with van der Waals surface area (Å²) in [6.45, 7) is 0.983. The van der Waals surface area contributed by atoms with Crippen molar-refractivity contribution >= 4 is 0 Å². The number of β-amino-alcohol motifs (C(OH)–C–C–N with tert-alkyl or cyclic N) is 1. The molecule has 4 heteroatoms. The van der Waals surface area contributed by atoms with Gasteiger partial charge in [-0.1, -0.05) is 0 Å². The van der Waals surface area contributed by atoms with Gasteiger partial charge in [0.25, 0.3) is 0 Å². The van der Waals surface area contributed by atoms with Gasteiger partial charge in [-0.3, -0.25) is 4.98 Å². The topological polar surface area (TPSA) is 45.2 Å². The van der Waals surface area contributed by atoms with Crippen LogP contribution in [0.3, 0.4) is 0 Å². The van der Waals surface area contributed by atoms with Crippen LogP contribution < -0.4 is 5.32 Å². The molecule has 0 aromatic carbocycles. The minimum absolute atomic E-state index is 0.380. The van der Waals surface area contributed by atoms with Gasteiger partial charge in [-0.25, -0.2) is 4.39 Å². The zero-order chi connectivity index (χ0) is 8.60. The van der Waals surface area contributed by atoms with E-state index in [1.165, 1.54) is 12.1 Å². The Hall–Kier alpha value is -1.00. The van der Waals surface area contributed by atoms with Crippen LogP contribution in [0, 0.1) is 5.82 Å². The van der Waals surface area contributed by atoms with Crippen LogP contribution in [0.5, 0.6) is 0 Å². The third-order valence-corrected chi connectivity index (χ3v) is 2.04. The summed E-state index contributed by atoms with van der Waals surface area (Å²) in [7, 11) is 0. The Morgan fingerprint density at radius 1 is 1.50 bits per heavy atom. The molecule has 1 aromatic rings. The highest BCUT2D eigenvalue weighted by molar-refractivity contribution is 5.18. The van der Waals surface area contributed by atoms with Crippen molar-refractivity contribution in [2.24, 2.45) is 0 Å². The molecule has 0 unspecified atom stereocenters. The van der Waals surface area contributed by atoms with Gasteiger partial charge in [0, 0.05) is 13.1 Å². The molecule has 0 radical (unpaired) electrons. The second-order valence-electron chi connectivity index (χ2n) is 3.00. The van der Waals surface area contributed by atoms with Crippen molar-refractivity contribution in [3.05, 3.63) is 29.8 Å². The van der Waals surface area contributed by atoms with Crippen LogP contribution in [0.4, 0.5) is 4.39 Å². The largest absolute Gasteiger partial charge is 0.381 e. The molecule has 3 nitrogen and oxygen atoms in total. The van der Waals surface area contributed by atoms with Crippen molar-refractivity contribution in [2.45, 2.75) is 5.60 Å². The number of pyridine rings is 1. The Bertz CT molecular complexity index is 282. The van der Waals surface area contributed by atoms with Crippen LogP contribution in [0.2, 0.25) is 0 Å². The fourth-order valence-corrected chi connectivity index (χ4v) is 1.19. The molecule has 64 valence electrons. The summed E-state index contributed by atoms with van der Waals surface area (Å²) in [4.78, 5) is 3.81. The van der Waals surface area contributed by atoms with E-state index >= 15 is 0 Å². The Labute approximate surface area is 69.2 Å². The Morgan fingerprint density at radius 3 is 2.67 bits per heavy atom.